The van der Waals surface area contributed by atoms with Crippen LogP contribution in [0.1, 0.15) is 0 Å². The molecule has 0 spiro atoms. The summed E-state index contributed by atoms with van der Waals surface area (Å²) in [5.41, 5.74) is 6.44. The normalized spacial score (nSPS) is 11.0. The van der Waals surface area contributed by atoms with Crippen molar-refractivity contribution in [3.8, 4) is 32.8 Å². The Morgan fingerprint density at radius 1 is 0.643 bits per heavy atom. The van der Waals surface area contributed by atoms with Crippen LogP contribution in [0.25, 0.3) is 43.0 Å². The van der Waals surface area contributed by atoms with Crippen molar-refractivity contribution < 1.29 is 4.39 Å². The van der Waals surface area contributed by atoms with Gasteiger partial charge in [-0.25, -0.2) is 9.37 Å². The summed E-state index contributed by atoms with van der Waals surface area (Å²) < 4.78 is 14.6. The fourth-order valence-electron chi connectivity index (χ4n) is 3.50. The zero-order chi connectivity index (χ0) is 18.9. The van der Waals surface area contributed by atoms with Crippen LogP contribution in [0.3, 0.4) is 0 Å². The van der Waals surface area contributed by atoms with E-state index < -0.39 is 0 Å². The fraction of sp³-hybridized carbons (Fsp3) is 0. The number of hydrogen-bond donors (Lipinski definition) is 0. The van der Waals surface area contributed by atoms with Crippen molar-refractivity contribution in [1.29, 1.82) is 0 Å². The second-order valence-electron chi connectivity index (χ2n) is 6.59. The summed E-state index contributed by atoms with van der Waals surface area (Å²) in [4.78, 5) is 4.85. The van der Waals surface area contributed by atoms with E-state index >= 15 is 0 Å². The summed E-state index contributed by atoms with van der Waals surface area (Å²) in [7, 11) is 0. The molecule has 1 nitrogen and oxygen atoms in total. The van der Waals surface area contributed by atoms with Crippen molar-refractivity contribution in [3.63, 3.8) is 0 Å². The summed E-state index contributed by atoms with van der Waals surface area (Å²) in [6, 6.07) is 31.8. The van der Waals surface area contributed by atoms with Gasteiger partial charge >= 0.3 is 0 Å². The number of benzene rings is 4. The molecule has 0 saturated heterocycles. The molecule has 5 aromatic rings. The summed E-state index contributed by atoms with van der Waals surface area (Å²) in [6.07, 6.45) is 0. The van der Waals surface area contributed by atoms with Gasteiger partial charge in [0.1, 0.15) is 10.8 Å². The molecule has 4 aromatic carbocycles. The van der Waals surface area contributed by atoms with Crippen molar-refractivity contribution in [1.82, 2.24) is 4.98 Å². The molecule has 0 N–H and O–H groups in total. The van der Waals surface area contributed by atoms with Crippen molar-refractivity contribution in [3.05, 3.63) is 103 Å². The predicted octanol–water partition coefficient (Wildman–Crippen LogP) is 7.44. The molecule has 0 unspecified atom stereocenters. The molecule has 134 valence electrons. The third kappa shape index (κ3) is 3.00. The van der Waals surface area contributed by atoms with E-state index in [1.807, 2.05) is 36.4 Å². The van der Waals surface area contributed by atoms with Gasteiger partial charge < -0.3 is 0 Å². The van der Waals surface area contributed by atoms with E-state index in [2.05, 4.69) is 42.5 Å². The van der Waals surface area contributed by atoms with Gasteiger partial charge in [-0.3, -0.25) is 0 Å². The molecule has 0 aliphatic rings. The molecule has 0 radical (unpaired) electrons. The van der Waals surface area contributed by atoms with Gasteiger partial charge in [0.05, 0.1) is 10.2 Å². The molecule has 0 aliphatic carbocycles. The van der Waals surface area contributed by atoms with Gasteiger partial charge in [-0.05, 0) is 40.5 Å². The highest BCUT2D eigenvalue weighted by Gasteiger charge is 2.17. The lowest BCUT2D eigenvalue weighted by Crippen LogP contribution is -1.89. The Balaban J connectivity index is 1.82. The molecule has 0 atom stereocenters. The average molecular weight is 381 g/mol. The second kappa shape index (κ2) is 7.02. The van der Waals surface area contributed by atoms with Gasteiger partial charge in [-0.2, -0.15) is 0 Å². The van der Waals surface area contributed by atoms with Gasteiger partial charge in [0.25, 0.3) is 0 Å². The van der Waals surface area contributed by atoms with E-state index in [4.69, 9.17) is 4.98 Å². The summed E-state index contributed by atoms with van der Waals surface area (Å²) in [5.74, 6) is -0.234. The lowest BCUT2D eigenvalue weighted by molar-refractivity contribution is 0.630. The smallest absolute Gasteiger partial charge is 0.125 e. The highest BCUT2D eigenvalue weighted by Crippen LogP contribution is 2.42. The van der Waals surface area contributed by atoms with E-state index in [-0.39, 0.29) is 5.82 Å². The van der Waals surface area contributed by atoms with Crippen LogP contribution < -0.4 is 0 Å². The van der Waals surface area contributed by atoms with Crippen molar-refractivity contribution in [2.75, 3.05) is 0 Å². The van der Waals surface area contributed by atoms with Crippen LogP contribution >= 0.6 is 11.3 Å². The molecule has 5 rings (SSSR count). The first-order valence-electron chi connectivity index (χ1n) is 9.10. The maximum atomic E-state index is 13.7. The molecular weight excluding hydrogens is 365 g/mol. The summed E-state index contributed by atoms with van der Waals surface area (Å²) in [5, 5.41) is 0.902. The third-order valence-corrected chi connectivity index (χ3v) is 5.83. The van der Waals surface area contributed by atoms with Gasteiger partial charge in [-0.15, -0.1) is 11.3 Å². The van der Waals surface area contributed by atoms with Crippen LogP contribution in [0.5, 0.6) is 0 Å². The van der Waals surface area contributed by atoms with Crippen molar-refractivity contribution in [2.45, 2.75) is 0 Å². The molecule has 0 saturated carbocycles. The summed E-state index contributed by atoms with van der Waals surface area (Å²) >= 11 is 1.53. The van der Waals surface area contributed by atoms with Crippen LogP contribution in [0.4, 0.5) is 4.39 Å². The minimum Gasteiger partial charge on any atom is -0.236 e. The van der Waals surface area contributed by atoms with Gasteiger partial charge in [0, 0.05) is 5.56 Å². The van der Waals surface area contributed by atoms with E-state index in [0.717, 1.165) is 43.0 Å². The van der Waals surface area contributed by atoms with E-state index in [0.29, 0.717) is 0 Å². The highest BCUT2D eigenvalue weighted by molar-refractivity contribution is 7.21. The minimum absolute atomic E-state index is 0.234. The Morgan fingerprint density at radius 3 is 1.86 bits per heavy atom. The first kappa shape index (κ1) is 16.8. The van der Waals surface area contributed by atoms with Crippen molar-refractivity contribution >= 4 is 21.6 Å². The van der Waals surface area contributed by atoms with Crippen LogP contribution in [-0.2, 0) is 0 Å². The topological polar surface area (TPSA) is 12.9 Å². The standard InChI is InChI=1S/C25H16FNS/c26-19-14-15-22-23(16-19)28-25(27-22)24-20(17-8-3-1-4-9-17)12-7-13-21(24)18-10-5-2-6-11-18/h1-16H. The molecule has 0 bridgehead atoms. The van der Waals surface area contributed by atoms with Crippen molar-refractivity contribution in [2.24, 2.45) is 0 Å². The molecule has 0 fully saturated rings. The van der Waals surface area contributed by atoms with E-state index in [9.17, 15) is 4.39 Å². The Kier molecular flexibility index (Phi) is 4.22. The first-order valence-corrected chi connectivity index (χ1v) is 9.91. The average Bonchev–Trinajstić information content (AvgIpc) is 3.17. The van der Waals surface area contributed by atoms with Gasteiger partial charge in [0.2, 0.25) is 0 Å². The number of nitrogens with zero attached hydrogens (tertiary/aromatic N) is 1. The largest absolute Gasteiger partial charge is 0.236 e. The van der Waals surface area contributed by atoms with Crippen LogP contribution in [0.15, 0.2) is 97.1 Å². The molecular formula is C25H16FNS. The van der Waals surface area contributed by atoms with E-state index in [1.165, 1.54) is 17.4 Å². The van der Waals surface area contributed by atoms with E-state index in [1.54, 1.807) is 12.1 Å². The Labute approximate surface area is 166 Å². The minimum atomic E-state index is -0.234. The van der Waals surface area contributed by atoms with Gasteiger partial charge in [0.15, 0.2) is 0 Å². The maximum absolute atomic E-state index is 13.7. The molecule has 1 aromatic heterocycles. The SMILES string of the molecule is Fc1ccc2nc(-c3c(-c4ccccc4)cccc3-c3ccccc3)sc2c1. The number of hydrogen-bond acceptors (Lipinski definition) is 2. The lowest BCUT2D eigenvalue weighted by Gasteiger charge is -2.14. The second-order valence-corrected chi connectivity index (χ2v) is 7.62. The van der Waals surface area contributed by atoms with Crippen LogP contribution in [0, 0.1) is 5.82 Å². The van der Waals surface area contributed by atoms with Gasteiger partial charge in [-0.1, -0.05) is 78.9 Å². The fourth-order valence-corrected chi connectivity index (χ4v) is 4.57. The molecule has 3 heteroatoms. The molecule has 28 heavy (non-hydrogen) atoms. The monoisotopic (exact) mass is 381 g/mol. The number of thiazole rings is 1. The third-order valence-electron chi connectivity index (χ3n) is 4.80. The molecule has 0 aliphatic heterocycles. The Hall–Kier alpha value is -3.30. The Morgan fingerprint density at radius 2 is 1.25 bits per heavy atom. The number of fused-ring (bicyclic) bond motifs is 1. The van der Waals surface area contributed by atoms with Crippen LogP contribution in [0.2, 0.25) is 0 Å². The molecule has 0 amide bonds. The summed E-state index contributed by atoms with van der Waals surface area (Å²) in [6.45, 7) is 0. The molecule has 1 heterocycles. The lowest BCUT2D eigenvalue weighted by atomic mass is 9.92. The Bertz CT molecular complexity index is 1200. The zero-order valence-corrected chi connectivity index (χ0v) is 15.8. The van der Waals surface area contributed by atoms with Crippen LogP contribution in [-0.4, -0.2) is 4.98 Å². The quantitative estimate of drug-likeness (QED) is 0.316. The maximum Gasteiger partial charge on any atom is 0.125 e. The number of rotatable bonds is 3. The zero-order valence-electron chi connectivity index (χ0n) is 15.0. The first-order chi connectivity index (χ1) is 13.8. The number of aromatic nitrogens is 1. The number of halogens is 1. The predicted molar refractivity (Wildman–Crippen MR) is 116 cm³/mol. The highest BCUT2D eigenvalue weighted by atomic mass is 32.1.